The molecule has 2 aromatic carbocycles. The average molecular weight is 529 g/mol. The first-order chi connectivity index (χ1) is 16.9. The van der Waals surface area contributed by atoms with Crippen LogP contribution < -0.4 is 10.6 Å². The molecular weight excluding hydrogens is 508 g/mol. The normalized spacial score (nSPS) is 10.8. The third-order valence-electron chi connectivity index (χ3n) is 4.68. The number of anilines is 2. The zero-order chi connectivity index (χ0) is 24.6. The number of hydrogen-bond donors (Lipinski definition) is 2. The summed E-state index contributed by atoms with van der Waals surface area (Å²) in [5.74, 6) is 1.08. The molecule has 2 heterocycles. The van der Waals surface area contributed by atoms with Gasteiger partial charge in [-0.1, -0.05) is 69.7 Å². The standard InChI is InChI=1S/C23H21ClN6O3S2/c1-14-2-4-15(5-3-14)21-27-20(33-30-21)11-10-18(31)26-22-28-29-23(35-22)34-13-12-19(32)25-17-8-6-16(24)7-9-17/h2-9H,10-13H2,1H3,(H,25,32)(H,26,28,31). The van der Waals surface area contributed by atoms with Crippen molar-refractivity contribution in [2.24, 2.45) is 0 Å². The number of halogens is 1. The molecule has 0 atom stereocenters. The molecule has 180 valence electrons. The SMILES string of the molecule is Cc1ccc(-c2noc(CCC(=O)Nc3nnc(SCCC(=O)Nc4ccc(Cl)cc4)s3)n2)cc1. The Kier molecular flexibility index (Phi) is 8.45. The van der Waals surface area contributed by atoms with Crippen molar-refractivity contribution >= 4 is 57.3 Å². The molecule has 2 N–H and O–H groups in total. The zero-order valence-electron chi connectivity index (χ0n) is 18.7. The van der Waals surface area contributed by atoms with Crippen molar-refractivity contribution in [2.45, 2.75) is 30.5 Å². The fourth-order valence-corrected chi connectivity index (χ4v) is 4.79. The number of rotatable bonds is 10. The van der Waals surface area contributed by atoms with Crippen LogP contribution in [0.5, 0.6) is 0 Å². The summed E-state index contributed by atoms with van der Waals surface area (Å²) in [5.41, 5.74) is 2.70. The molecule has 0 radical (unpaired) electrons. The summed E-state index contributed by atoms with van der Waals surface area (Å²) >= 11 is 8.49. The fourth-order valence-electron chi connectivity index (χ4n) is 2.88. The van der Waals surface area contributed by atoms with Gasteiger partial charge in [-0.2, -0.15) is 4.98 Å². The molecule has 2 amide bonds. The van der Waals surface area contributed by atoms with E-state index in [1.807, 2.05) is 31.2 Å². The molecular formula is C23H21ClN6O3S2. The minimum atomic E-state index is -0.227. The van der Waals surface area contributed by atoms with Crippen molar-refractivity contribution in [3.05, 3.63) is 65.0 Å². The van der Waals surface area contributed by atoms with E-state index in [-0.39, 0.29) is 18.2 Å². The number of nitrogens with zero attached hydrogens (tertiary/aromatic N) is 4. The number of hydrogen-bond acceptors (Lipinski definition) is 9. The average Bonchev–Trinajstić information content (AvgIpc) is 3.49. The largest absolute Gasteiger partial charge is 0.339 e. The van der Waals surface area contributed by atoms with Crippen LogP contribution in [0.15, 0.2) is 57.4 Å². The first-order valence-corrected chi connectivity index (χ1v) is 12.8. The fraction of sp³-hybridized carbons (Fsp3) is 0.217. The van der Waals surface area contributed by atoms with Gasteiger partial charge in [-0.3, -0.25) is 9.59 Å². The number of aryl methyl sites for hydroxylation is 2. The van der Waals surface area contributed by atoms with E-state index in [9.17, 15) is 9.59 Å². The highest BCUT2D eigenvalue weighted by molar-refractivity contribution is 8.01. The van der Waals surface area contributed by atoms with Crippen molar-refractivity contribution in [1.29, 1.82) is 0 Å². The van der Waals surface area contributed by atoms with Gasteiger partial charge in [0.25, 0.3) is 0 Å². The molecule has 0 saturated carbocycles. The van der Waals surface area contributed by atoms with Gasteiger partial charge in [0.05, 0.1) is 0 Å². The van der Waals surface area contributed by atoms with Gasteiger partial charge in [0.15, 0.2) is 4.34 Å². The van der Waals surface area contributed by atoms with E-state index >= 15 is 0 Å². The van der Waals surface area contributed by atoms with Crippen LogP contribution in [0.2, 0.25) is 5.02 Å². The van der Waals surface area contributed by atoms with Crippen LogP contribution in [0, 0.1) is 6.92 Å². The topological polar surface area (TPSA) is 123 Å². The maximum Gasteiger partial charge on any atom is 0.227 e. The monoisotopic (exact) mass is 528 g/mol. The molecule has 0 spiro atoms. The van der Waals surface area contributed by atoms with Crippen LogP contribution in [0.1, 0.15) is 24.3 Å². The van der Waals surface area contributed by atoms with Gasteiger partial charge >= 0.3 is 0 Å². The third kappa shape index (κ3) is 7.61. The minimum absolute atomic E-state index is 0.107. The number of thioether (sulfide) groups is 1. The summed E-state index contributed by atoms with van der Waals surface area (Å²) in [6, 6.07) is 14.7. The van der Waals surface area contributed by atoms with Gasteiger partial charge in [-0.25, -0.2) is 0 Å². The van der Waals surface area contributed by atoms with E-state index < -0.39 is 0 Å². The molecule has 0 aliphatic carbocycles. The molecule has 0 fully saturated rings. The van der Waals surface area contributed by atoms with Crippen molar-refractivity contribution in [1.82, 2.24) is 20.3 Å². The number of nitrogens with one attached hydrogen (secondary N) is 2. The molecule has 2 aromatic heterocycles. The van der Waals surface area contributed by atoms with Gasteiger partial charge in [0.2, 0.25) is 28.7 Å². The van der Waals surface area contributed by atoms with Crippen LogP contribution in [-0.4, -0.2) is 37.9 Å². The summed E-state index contributed by atoms with van der Waals surface area (Å²) in [5, 5.41) is 18.6. The number of carbonyl (C=O) groups excluding carboxylic acids is 2. The predicted octanol–water partition coefficient (Wildman–Crippen LogP) is 5.24. The lowest BCUT2D eigenvalue weighted by molar-refractivity contribution is -0.116. The van der Waals surface area contributed by atoms with Gasteiger partial charge in [0, 0.05) is 41.3 Å². The van der Waals surface area contributed by atoms with Gasteiger partial charge in [-0.15, -0.1) is 10.2 Å². The van der Waals surface area contributed by atoms with Crippen LogP contribution in [0.4, 0.5) is 10.8 Å². The smallest absolute Gasteiger partial charge is 0.227 e. The third-order valence-corrected chi connectivity index (χ3v) is 6.90. The van der Waals surface area contributed by atoms with Crippen molar-refractivity contribution < 1.29 is 14.1 Å². The number of aromatic nitrogens is 4. The lowest BCUT2D eigenvalue weighted by Crippen LogP contribution is -2.12. The Hall–Kier alpha value is -3.28. The first-order valence-electron chi connectivity index (χ1n) is 10.7. The van der Waals surface area contributed by atoms with Crippen LogP contribution in [0.25, 0.3) is 11.4 Å². The van der Waals surface area contributed by atoms with Crippen molar-refractivity contribution in [3.8, 4) is 11.4 Å². The summed E-state index contributed by atoms with van der Waals surface area (Å²) in [4.78, 5) is 28.7. The highest BCUT2D eigenvalue weighted by Crippen LogP contribution is 2.26. The van der Waals surface area contributed by atoms with Gasteiger partial charge < -0.3 is 15.2 Å². The maximum atomic E-state index is 12.3. The van der Waals surface area contributed by atoms with E-state index in [4.69, 9.17) is 16.1 Å². The van der Waals surface area contributed by atoms with Crippen molar-refractivity contribution in [2.75, 3.05) is 16.4 Å². The number of amides is 2. The highest BCUT2D eigenvalue weighted by Gasteiger charge is 2.13. The van der Waals surface area contributed by atoms with Crippen LogP contribution in [-0.2, 0) is 16.0 Å². The van der Waals surface area contributed by atoms with Gasteiger partial charge in [0.1, 0.15) is 0 Å². The lowest BCUT2D eigenvalue weighted by atomic mass is 10.1. The Morgan fingerprint density at radius 3 is 2.51 bits per heavy atom. The summed E-state index contributed by atoms with van der Waals surface area (Å²) < 4.78 is 5.92. The molecule has 4 rings (SSSR count). The molecule has 35 heavy (non-hydrogen) atoms. The summed E-state index contributed by atoms with van der Waals surface area (Å²) in [7, 11) is 0. The van der Waals surface area contributed by atoms with Gasteiger partial charge in [-0.05, 0) is 31.2 Å². The van der Waals surface area contributed by atoms with Crippen LogP contribution >= 0.6 is 34.7 Å². The molecule has 9 nitrogen and oxygen atoms in total. The highest BCUT2D eigenvalue weighted by atomic mass is 35.5. The molecule has 0 bridgehead atoms. The zero-order valence-corrected chi connectivity index (χ0v) is 21.0. The molecule has 0 aliphatic rings. The molecule has 0 aliphatic heterocycles. The second-order valence-corrected chi connectivity index (χ2v) is 10.2. The lowest BCUT2D eigenvalue weighted by Gasteiger charge is -2.04. The molecule has 4 aromatic rings. The number of benzene rings is 2. The van der Waals surface area contributed by atoms with E-state index in [0.29, 0.717) is 50.5 Å². The molecule has 12 heteroatoms. The second-order valence-electron chi connectivity index (χ2n) is 7.45. The Morgan fingerprint density at radius 1 is 1.00 bits per heavy atom. The van der Waals surface area contributed by atoms with E-state index in [0.717, 1.165) is 11.1 Å². The molecule has 0 unspecified atom stereocenters. The quantitative estimate of drug-likeness (QED) is 0.211. The summed E-state index contributed by atoms with van der Waals surface area (Å²) in [6.07, 6.45) is 0.791. The predicted molar refractivity (Wildman–Crippen MR) is 137 cm³/mol. The van der Waals surface area contributed by atoms with Crippen molar-refractivity contribution in [3.63, 3.8) is 0 Å². The van der Waals surface area contributed by atoms with E-state index in [1.54, 1.807) is 24.3 Å². The van der Waals surface area contributed by atoms with E-state index in [2.05, 4.69) is 31.0 Å². The summed E-state index contributed by atoms with van der Waals surface area (Å²) in [6.45, 7) is 2.01. The Labute approximate surface area is 214 Å². The maximum absolute atomic E-state index is 12.3. The minimum Gasteiger partial charge on any atom is -0.339 e. The molecule has 0 saturated heterocycles. The second kappa shape index (κ2) is 11.9. The Bertz CT molecular complexity index is 1290. The Balaban J connectivity index is 1.17. The Morgan fingerprint density at radius 2 is 1.74 bits per heavy atom. The number of carbonyl (C=O) groups is 2. The first kappa shape index (κ1) is 24.8. The van der Waals surface area contributed by atoms with E-state index in [1.165, 1.54) is 23.1 Å². The van der Waals surface area contributed by atoms with Crippen LogP contribution in [0.3, 0.4) is 0 Å².